The maximum atomic E-state index is 13.6. The lowest BCUT2D eigenvalue weighted by Crippen LogP contribution is -2.31. The van der Waals surface area contributed by atoms with Gasteiger partial charge >= 0.3 is 0 Å². The number of nitrogens with zero attached hydrogens (tertiary/aromatic N) is 1. The number of nitrogens with one attached hydrogen (secondary N) is 2. The van der Waals surface area contributed by atoms with Crippen molar-refractivity contribution in [1.82, 2.24) is 5.32 Å². The Bertz CT molecular complexity index is 1970. The molecule has 4 amide bonds. The summed E-state index contributed by atoms with van der Waals surface area (Å²) in [6.07, 6.45) is 1.75. The first-order chi connectivity index (χ1) is 22.9. The third kappa shape index (κ3) is 7.26. The van der Waals surface area contributed by atoms with Gasteiger partial charge in [-0.05, 0) is 90.0 Å². The molecule has 0 saturated carbocycles. The van der Waals surface area contributed by atoms with E-state index < -0.39 is 17.1 Å². The summed E-state index contributed by atoms with van der Waals surface area (Å²) < 4.78 is 5.46. The van der Waals surface area contributed by atoms with E-state index in [1.54, 1.807) is 78.9 Å². The number of fused-ring (bicyclic) bond motifs is 1. The Balaban J connectivity index is 1.17. The lowest BCUT2D eigenvalue weighted by atomic mass is 10.0. The van der Waals surface area contributed by atoms with Gasteiger partial charge in [0.2, 0.25) is 11.8 Å². The summed E-state index contributed by atoms with van der Waals surface area (Å²) in [5, 5.41) is 7.04. The summed E-state index contributed by atoms with van der Waals surface area (Å²) in [7, 11) is 0. The van der Waals surface area contributed by atoms with Gasteiger partial charge in [0.15, 0.2) is 0 Å². The third-order valence-corrected chi connectivity index (χ3v) is 8.75. The highest BCUT2D eigenvalue weighted by Gasteiger charge is 2.40. The zero-order valence-corrected chi connectivity index (χ0v) is 26.3. The molecule has 8 nitrogen and oxygen atoms in total. The number of carbonyl (C=O) groups excluding carboxylic acids is 4. The van der Waals surface area contributed by atoms with Crippen molar-refractivity contribution in [2.45, 2.75) is 23.5 Å². The van der Waals surface area contributed by atoms with Crippen molar-refractivity contribution >= 4 is 63.6 Å². The summed E-state index contributed by atoms with van der Waals surface area (Å²) in [6.45, 7) is 2.41. The van der Waals surface area contributed by atoms with E-state index in [0.717, 1.165) is 21.2 Å². The molecule has 47 heavy (non-hydrogen) atoms. The van der Waals surface area contributed by atoms with Crippen LogP contribution in [0.3, 0.4) is 0 Å². The quantitative estimate of drug-likeness (QED) is 0.125. The fourth-order valence-corrected chi connectivity index (χ4v) is 6.33. The normalized spacial score (nSPS) is 14.7. The SMILES string of the molecule is CCOc1ccc(N2C(=O)CC(Sc3ccc(NC(=O)/C(=C/c4cccc5ccccc45)NC(=O)c4ccccc4)cc3)C2=O)cc1. The second kappa shape index (κ2) is 14.2. The first-order valence-electron chi connectivity index (χ1n) is 15.1. The molecule has 5 aromatic carbocycles. The van der Waals surface area contributed by atoms with Crippen LogP contribution in [0.25, 0.3) is 16.8 Å². The van der Waals surface area contributed by atoms with Crippen molar-refractivity contribution in [2.75, 3.05) is 16.8 Å². The van der Waals surface area contributed by atoms with Crippen LogP contribution < -0.4 is 20.3 Å². The summed E-state index contributed by atoms with van der Waals surface area (Å²) in [5.74, 6) is -0.773. The average molecular weight is 642 g/mol. The summed E-state index contributed by atoms with van der Waals surface area (Å²) in [5.41, 5.74) is 2.30. The Morgan fingerprint density at radius 1 is 0.851 bits per heavy atom. The Hall–Kier alpha value is -5.67. The molecule has 1 aliphatic rings. The molecule has 0 aliphatic carbocycles. The fourth-order valence-electron chi connectivity index (χ4n) is 5.28. The van der Waals surface area contributed by atoms with Gasteiger partial charge in [0.05, 0.1) is 17.5 Å². The fraction of sp³-hybridized carbons (Fsp3) is 0.105. The van der Waals surface area contributed by atoms with Crippen LogP contribution in [0.5, 0.6) is 5.75 Å². The largest absolute Gasteiger partial charge is 0.494 e. The van der Waals surface area contributed by atoms with Gasteiger partial charge in [-0.1, -0.05) is 60.7 Å². The molecular formula is C38H31N3O5S. The summed E-state index contributed by atoms with van der Waals surface area (Å²) in [6, 6.07) is 36.2. The van der Waals surface area contributed by atoms with Gasteiger partial charge in [0, 0.05) is 22.6 Å². The van der Waals surface area contributed by atoms with Crippen molar-refractivity contribution in [3.63, 3.8) is 0 Å². The maximum absolute atomic E-state index is 13.6. The Labute approximate surface area is 276 Å². The Morgan fingerprint density at radius 2 is 1.55 bits per heavy atom. The van der Waals surface area contributed by atoms with Crippen molar-refractivity contribution < 1.29 is 23.9 Å². The molecule has 1 fully saturated rings. The number of hydrogen-bond donors (Lipinski definition) is 2. The van der Waals surface area contributed by atoms with Crippen molar-refractivity contribution in [1.29, 1.82) is 0 Å². The molecule has 2 N–H and O–H groups in total. The van der Waals surface area contributed by atoms with Crippen molar-refractivity contribution in [3.05, 3.63) is 138 Å². The van der Waals surface area contributed by atoms with E-state index in [2.05, 4.69) is 10.6 Å². The predicted octanol–water partition coefficient (Wildman–Crippen LogP) is 7.07. The number of ether oxygens (including phenoxy) is 1. The summed E-state index contributed by atoms with van der Waals surface area (Å²) >= 11 is 1.30. The molecule has 234 valence electrons. The number of carbonyl (C=O) groups is 4. The van der Waals surface area contributed by atoms with Gasteiger partial charge in [-0.15, -0.1) is 11.8 Å². The lowest BCUT2D eigenvalue weighted by molar-refractivity contribution is -0.121. The van der Waals surface area contributed by atoms with Crippen molar-refractivity contribution in [3.8, 4) is 5.75 Å². The van der Waals surface area contributed by atoms with Crippen LogP contribution in [0.4, 0.5) is 11.4 Å². The third-order valence-electron chi connectivity index (χ3n) is 7.55. The molecule has 0 radical (unpaired) electrons. The molecule has 1 aliphatic heterocycles. The van der Waals surface area contributed by atoms with E-state index in [9.17, 15) is 19.2 Å². The zero-order valence-electron chi connectivity index (χ0n) is 25.5. The van der Waals surface area contributed by atoms with Crippen LogP contribution >= 0.6 is 11.8 Å². The molecular weight excluding hydrogens is 611 g/mol. The van der Waals surface area contributed by atoms with Gasteiger partial charge in [-0.25, -0.2) is 4.90 Å². The topological polar surface area (TPSA) is 105 Å². The number of amides is 4. The van der Waals surface area contributed by atoms with Crippen molar-refractivity contribution in [2.24, 2.45) is 0 Å². The first kappa shape index (κ1) is 31.3. The van der Waals surface area contributed by atoms with Crippen LogP contribution in [0, 0.1) is 0 Å². The molecule has 1 unspecified atom stereocenters. The first-order valence-corrected chi connectivity index (χ1v) is 16.0. The van der Waals surface area contributed by atoms with Crippen LogP contribution in [-0.4, -0.2) is 35.5 Å². The Morgan fingerprint density at radius 3 is 2.30 bits per heavy atom. The van der Waals surface area contributed by atoms with Crippen LogP contribution in [0.15, 0.2) is 132 Å². The number of hydrogen-bond acceptors (Lipinski definition) is 6. The van der Waals surface area contributed by atoms with E-state index in [1.165, 1.54) is 16.7 Å². The maximum Gasteiger partial charge on any atom is 0.272 e. The number of anilines is 2. The molecule has 1 heterocycles. The molecule has 0 aromatic heterocycles. The van der Waals surface area contributed by atoms with Gasteiger partial charge < -0.3 is 15.4 Å². The average Bonchev–Trinajstić information content (AvgIpc) is 3.37. The van der Waals surface area contributed by atoms with E-state index in [1.807, 2.05) is 55.5 Å². The molecule has 1 atom stereocenters. The second-order valence-electron chi connectivity index (χ2n) is 10.7. The molecule has 9 heteroatoms. The smallest absolute Gasteiger partial charge is 0.272 e. The number of imide groups is 1. The van der Waals surface area contributed by atoms with E-state index in [-0.39, 0.29) is 23.9 Å². The van der Waals surface area contributed by atoms with Crippen LogP contribution in [-0.2, 0) is 14.4 Å². The lowest BCUT2D eigenvalue weighted by Gasteiger charge is -2.15. The number of benzene rings is 5. The highest BCUT2D eigenvalue weighted by Crippen LogP contribution is 2.35. The molecule has 5 aromatic rings. The van der Waals surface area contributed by atoms with Gasteiger partial charge in [0.1, 0.15) is 11.4 Å². The summed E-state index contributed by atoms with van der Waals surface area (Å²) in [4.78, 5) is 54.6. The number of rotatable bonds is 10. The highest BCUT2D eigenvalue weighted by molar-refractivity contribution is 8.00. The minimum Gasteiger partial charge on any atom is -0.494 e. The molecule has 6 rings (SSSR count). The van der Waals surface area contributed by atoms with Gasteiger partial charge in [0.25, 0.3) is 11.8 Å². The second-order valence-corrected chi connectivity index (χ2v) is 12.0. The standard InChI is InChI=1S/C38H31N3O5S/c1-2-46-30-19-17-29(18-20-30)41-35(42)24-34(38(41)45)47-31-21-15-28(16-22-31)39-37(44)33(40-36(43)26-10-4-3-5-11-26)23-27-13-8-12-25-9-6-7-14-32(25)27/h3-23,34H,2,24H2,1H3,(H,39,44)(H,40,43)/b33-23-. The molecule has 0 spiro atoms. The van der Waals surface area contributed by atoms with Crippen LogP contribution in [0.1, 0.15) is 29.3 Å². The van der Waals surface area contributed by atoms with Crippen LogP contribution in [0.2, 0.25) is 0 Å². The Kier molecular flexibility index (Phi) is 9.45. The van der Waals surface area contributed by atoms with E-state index in [4.69, 9.17) is 4.74 Å². The van der Waals surface area contributed by atoms with E-state index >= 15 is 0 Å². The number of thioether (sulfide) groups is 1. The zero-order chi connectivity index (χ0) is 32.8. The predicted molar refractivity (Wildman–Crippen MR) is 185 cm³/mol. The monoisotopic (exact) mass is 641 g/mol. The highest BCUT2D eigenvalue weighted by atomic mass is 32.2. The van der Waals surface area contributed by atoms with Gasteiger partial charge in [-0.3, -0.25) is 19.2 Å². The van der Waals surface area contributed by atoms with E-state index in [0.29, 0.717) is 29.3 Å². The molecule has 0 bridgehead atoms. The molecule has 1 saturated heterocycles. The van der Waals surface area contributed by atoms with Gasteiger partial charge in [-0.2, -0.15) is 0 Å². The minimum atomic E-state index is -0.571. The minimum absolute atomic E-state index is 0.0816.